The molecule has 0 bridgehead atoms. The number of carbonyl (C=O) groups is 3. The number of furan rings is 1. The van der Waals surface area contributed by atoms with Gasteiger partial charge in [-0.05, 0) is 48.4 Å². The third-order valence-corrected chi connectivity index (χ3v) is 3.36. The summed E-state index contributed by atoms with van der Waals surface area (Å²) in [5.41, 5.74) is 1.01. The van der Waals surface area contributed by atoms with Gasteiger partial charge in [0, 0.05) is 23.7 Å². The quantitative estimate of drug-likeness (QED) is 0.443. The van der Waals surface area contributed by atoms with Crippen molar-refractivity contribution < 1.29 is 23.5 Å². The molecule has 1 N–H and O–H groups in total. The standard InChI is InChI=1S/C20H21NO5/c1-14(2)12-19(23)21-16-7-5-15(6-8-16)18(22)13-26-20(24)10-9-17-4-3-11-25-17/h3-11,14H,12-13H2,1-2H3,(H,21,23)/b10-9+. The van der Waals surface area contributed by atoms with Crippen molar-refractivity contribution in [1.82, 2.24) is 0 Å². The first-order valence-electron chi connectivity index (χ1n) is 8.25. The maximum absolute atomic E-state index is 12.1. The van der Waals surface area contributed by atoms with E-state index in [1.54, 1.807) is 36.4 Å². The van der Waals surface area contributed by atoms with Crippen LogP contribution in [0.2, 0.25) is 0 Å². The molecular formula is C20H21NO5. The summed E-state index contributed by atoms with van der Waals surface area (Å²) in [4.78, 5) is 35.4. The minimum Gasteiger partial charge on any atom is -0.465 e. The number of hydrogen-bond donors (Lipinski definition) is 1. The lowest BCUT2D eigenvalue weighted by atomic mass is 10.1. The van der Waals surface area contributed by atoms with Gasteiger partial charge in [-0.15, -0.1) is 0 Å². The van der Waals surface area contributed by atoms with Crippen LogP contribution in [0.25, 0.3) is 6.08 Å². The fraction of sp³-hybridized carbons (Fsp3) is 0.250. The van der Waals surface area contributed by atoms with E-state index in [1.165, 1.54) is 18.4 Å². The van der Waals surface area contributed by atoms with Crippen LogP contribution in [0.5, 0.6) is 0 Å². The third kappa shape index (κ3) is 6.39. The largest absolute Gasteiger partial charge is 0.465 e. The monoisotopic (exact) mass is 355 g/mol. The first kappa shape index (κ1) is 19.2. The Kier molecular flexibility index (Phi) is 6.91. The Balaban J connectivity index is 1.82. The molecule has 1 amide bonds. The molecule has 2 rings (SSSR count). The van der Waals surface area contributed by atoms with Gasteiger partial charge in [0.15, 0.2) is 12.4 Å². The molecule has 136 valence electrons. The Morgan fingerprint density at radius 1 is 1.15 bits per heavy atom. The van der Waals surface area contributed by atoms with E-state index in [-0.39, 0.29) is 24.2 Å². The second kappa shape index (κ2) is 9.36. The maximum Gasteiger partial charge on any atom is 0.331 e. The number of nitrogens with one attached hydrogen (secondary N) is 1. The van der Waals surface area contributed by atoms with E-state index in [4.69, 9.17) is 9.15 Å². The van der Waals surface area contributed by atoms with E-state index < -0.39 is 5.97 Å². The van der Waals surface area contributed by atoms with E-state index in [1.807, 2.05) is 13.8 Å². The summed E-state index contributed by atoms with van der Waals surface area (Å²) in [6.45, 7) is 3.57. The number of amides is 1. The minimum atomic E-state index is -0.632. The van der Waals surface area contributed by atoms with E-state index in [0.29, 0.717) is 23.4 Å². The number of Topliss-reactive ketones (excluding diaryl/α,β-unsaturated/α-hetero) is 1. The summed E-state index contributed by atoms with van der Waals surface area (Å²) in [5.74, 6) is -0.246. The van der Waals surface area contributed by atoms with Crippen molar-refractivity contribution in [1.29, 1.82) is 0 Å². The molecule has 1 aromatic carbocycles. The second-order valence-corrected chi connectivity index (χ2v) is 6.10. The molecule has 0 aliphatic heterocycles. The van der Waals surface area contributed by atoms with Crippen LogP contribution in [-0.2, 0) is 14.3 Å². The van der Waals surface area contributed by atoms with Crippen LogP contribution >= 0.6 is 0 Å². The Bertz CT molecular complexity index is 773. The van der Waals surface area contributed by atoms with E-state index in [2.05, 4.69) is 5.32 Å². The number of rotatable bonds is 8. The fourth-order valence-electron chi connectivity index (χ4n) is 2.13. The molecule has 0 saturated carbocycles. The van der Waals surface area contributed by atoms with Crippen molar-refractivity contribution in [3.8, 4) is 0 Å². The smallest absolute Gasteiger partial charge is 0.331 e. The summed E-state index contributed by atoms with van der Waals surface area (Å²) < 4.78 is 9.96. The van der Waals surface area contributed by atoms with Gasteiger partial charge in [-0.1, -0.05) is 13.8 Å². The first-order valence-corrected chi connectivity index (χ1v) is 8.25. The summed E-state index contributed by atoms with van der Waals surface area (Å²) >= 11 is 0. The minimum absolute atomic E-state index is 0.0728. The van der Waals surface area contributed by atoms with Crippen molar-refractivity contribution in [2.24, 2.45) is 5.92 Å². The molecule has 0 spiro atoms. The highest BCUT2D eigenvalue weighted by Gasteiger charge is 2.10. The number of benzene rings is 1. The number of carbonyl (C=O) groups excluding carboxylic acids is 3. The van der Waals surface area contributed by atoms with Gasteiger partial charge in [0.2, 0.25) is 5.91 Å². The van der Waals surface area contributed by atoms with Crippen LogP contribution in [0.1, 0.15) is 36.4 Å². The molecule has 0 fully saturated rings. The molecule has 0 atom stereocenters. The molecule has 1 aromatic heterocycles. The molecule has 26 heavy (non-hydrogen) atoms. The van der Waals surface area contributed by atoms with Crippen molar-refractivity contribution >= 4 is 29.4 Å². The van der Waals surface area contributed by atoms with Gasteiger partial charge >= 0.3 is 5.97 Å². The zero-order valence-corrected chi connectivity index (χ0v) is 14.7. The molecule has 0 aliphatic rings. The van der Waals surface area contributed by atoms with E-state index >= 15 is 0 Å². The van der Waals surface area contributed by atoms with Crippen LogP contribution in [-0.4, -0.2) is 24.3 Å². The number of ether oxygens (including phenoxy) is 1. The Morgan fingerprint density at radius 2 is 1.88 bits per heavy atom. The van der Waals surface area contributed by atoms with Gasteiger partial charge in [-0.3, -0.25) is 9.59 Å². The highest BCUT2D eigenvalue weighted by atomic mass is 16.5. The van der Waals surface area contributed by atoms with Crippen LogP contribution in [0.4, 0.5) is 5.69 Å². The zero-order chi connectivity index (χ0) is 18.9. The summed E-state index contributed by atoms with van der Waals surface area (Å²) in [7, 11) is 0. The predicted octanol–water partition coefficient (Wildman–Crippen LogP) is 3.70. The molecule has 0 saturated heterocycles. The SMILES string of the molecule is CC(C)CC(=O)Nc1ccc(C(=O)COC(=O)/C=C/c2ccco2)cc1. The highest BCUT2D eigenvalue weighted by molar-refractivity contribution is 5.99. The second-order valence-electron chi connectivity index (χ2n) is 6.10. The normalized spacial score (nSPS) is 10.9. The molecule has 6 heteroatoms. The van der Waals surface area contributed by atoms with Gasteiger partial charge in [-0.2, -0.15) is 0 Å². The molecule has 0 radical (unpaired) electrons. The van der Waals surface area contributed by atoms with Crippen LogP contribution in [0, 0.1) is 5.92 Å². The molecule has 0 aliphatic carbocycles. The zero-order valence-electron chi connectivity index (χ0n) is 14.7. The molecular weight excluding hydrogens is 334 g/mol. The van der Waals surface area contributed by atoms with E-state index in [0.717, 1.165) is 0 Å². The molecule has 6 nitrogen and oxygen atoms in total. The highest BCUT2D eigenvalue weighted by Crippen LogP contribution is 2.12. The molecule has 2 aromatic rings. The lowest BCUT2D eigenvalue weighted by Gasteiger charge is -2.08. The van der Waals surface area contributed by atoms with Gasteiger partial charge in [0.25, 0.3) is 0 Å². The first-order chi connectivity index (χ1) is 12.4. The van der Waals surface area contributed by atoms with Gasteiger partial charge < -0.3 is 14.5 Å². The van der Waals surface area contributed by atoms with Crippen molar-refractivity contribution in [2.75, 3.05) is 11.9 Å². The summed E-state index contributed by atoms with van der Waals surface area (Å²) in [6, 6.07) is 9.84. The Hall–Kier alpha value is -3.15. The van der Waals surface area contributed by atoms with Crippen LogP contribution in [0.3, 0.4) is 0 Å². The van der Waals surface area contributed by atoms with Gasteiger partial charge in [0.1, 0.15) is 5.76 Å². The van der Waals surface area contributed by atoms with Crippen molar-refractivity contribution in [3.63, 3.8) is 0 Å². The lowest BCUT2D eigenvalue weighted by molar-refractivity contribution is -0.136. The topological polar surface area (TPSA) is 85.6 Å². The average molecular weight is 355 g/mol. The summed E-state index contributed by atoms with van der Waals surface area (Å²) in [6.07, 6.45) is 4.58. The van der Waals surface area contributed by atoms with E-state index in [9.17, 15) is 14.4 Å². The maximum atomic E-state index is 12.1. The molecule has 1 heterocycles. The van der Waals surface area contributed by atoms with Gasteiger partial charge in [0.05, 0.1) is 6.26 Å². The average Bonchev–Trinajstić information content (AvgIpc) is 3.11. The van der Waals surface area contributed by atoms with Crippen molar-refractivity contribution in [3.05, 3.63) is 60.1 Å². The number of esters is 1. The third-order valence-electron chi connectivity index (χ3n) is 3.36. The Labute approximate surface area is 151 Å². The van der Waals surface area contributed by atoms with Crippen molar-refractivity contribution in [2.45, 2.75) is 20.3 Å². The molecule has 0 unspecified atom stereocenters. The number of anilines is 1. The lowest BCUT2D eigenvalue weighted by Crippen LogP contribution is -2.14. The van der Waals surface area contributed by atoms with Crippen LogP contribution < -0.4 is 5.32 Å². The summed E-state index contributed by atoms with van der Waals surface area (Å²) in [5, 5.41) is 2.77. The Morgan fingerprint density at radius 3 is 2.50 bits per heavy atom. The number of ketones is 1. The number of hydrogen-bond acceptors (Lipinski definition) is 5. The fourth-order valence-corrected chi connectivity index (χ4v) is 2.13. The predicted molar refractivity (Wildman–Crippen MR) is 97.6 cm³/mol. The van der Waals surface area contributed by atoms with Crippen LogP contribution in [0.15, 0.2) is 53.2 Å². The van der Waals surface area contributed by atoms with Gasteiger partial charge in [-0.25, -0.2) is 4.79 Å².